The van der Waals surface area contributed by atoms with E-state index >= 15 is 0 Å². The molecule has 0 bridgehead atoms. The van der Waals surface area contributed by atoms with Gasteiger partial charge in [-0.1, -0.05) is 0 Å². The summed E-state index contributed by atoms with van der Waals surface area (Å²) >= 11 is 0. The van der Waals surface area contributed by atoms with Gasteiger partial charge in [0.1, 0.15) is 6.10 Å². The van der Waals surface area contributed by atoms with Crippen LogP contribution < -0.4 is 5.32 Å². The fraction of sp³-hybridized carbons (Fsp3) is 0.875. The van der Waals surface area contributed by atoms with Crippen molar-refractivity contribution in [2.75, 3.05) is 6.61 Å². The van der Waals surface area contributed by atoms with Crippen molar-refractivity contribution in [1.29, 1.82) is 0 Å². The van der Waals surface area contributed by atoms with Crippen molar-refractivity contribution in [3.63, 3.8) is 0 Å². The van der Waals surface area contributed by atoms with Crippen molar-refractivity contribution in [2.24, 2.45) is 0 Å². The van der Waals surface area contributed by atoms with E-state index in [9.17, 15) is 4.79 Å². The molecule has 0 aromatic rings. The summed E-state index contributed by atoms with van der Waals surface area (Å²) < 4.78 is 5.23. The van der Waals surface area contributed by atoms with E-state index in [1.54, 1.807) is 0 Å². The van der Waals surface area contributed by atoms with E-state index in [1.807, 2.05) is 0 Å². The topological polar surface area (TPSA) is 38.3 Å². The number of carbonyl (C=O) groups excluding carboxylic acids is 1. The van der Waals surface area contributed by atoms with E-state index in [0.29, 0.717) is 6.04 Å². The van der Waals surface area contributed by atoms with Gasteiger partial charge in [-0.15, -0.1) is 0 Å². The Morgan fingerprint density at radius 1 is 1.36 bits per heavy atom. The molecule has 1 atom stereocenters. The Labute approximate surface area is 66.1 Å². The maximum atomic E-state index is 11.3. The molecule has 0 aromatic heterocycles. The second-order valence-corrected chi connectivity index (χ2v) is 3.28. The fourth-order valence-electron chi connectivity index (χ4n) is 1.31. The largest absolute Gasteiger partial charge is 0.368 e. The Morgan fingerprint density at radius 2 is 2.18 bits per heavy atom. The molecule has 2 fully saturated rings. The Hall–Kier alpha value is -0.570. The predicted octanol–water partition coefficient (Wildman–Crippen LogP) is 0.444. The molecule has 1 saturated carbocycles. The van der Waals surface area contributed by atoms with Crippen LogP contribution in [0.25, 0.3) is 0 Å². The minimum absolute atomic E-state index is 0.102. The molecule has 2 rings (SSSR count). The van der Waals surface area contributed by atoms with Crippen LogP contribution in [-0.4, -0.2) is 24.7 Å². The molecule has 2 aliphatic rings. The predicted molar refractivity (Wildman–Crippen MR) is 40.1 cm³/mol. The van der Waals surface area contributed by atoms with Crippen LogP contribution in [0.2, 0.25) is 0 Å². The second kappa shape index (κ2) is 2.81. The number of nitrogens with one attached hydrogen (secondary N) is 1. The Morgan fingerprint density at radius 3 is 2.73 bits per heavy atom. The number of hydrogen-bond donors (Lipinski definition) is 1. The number of hydrogen-bond acceptors (Lipinski definition) is 2. The summed E-state index contributed by atoms with van der Waals surface area (Å²) in [6.07, 6.45) is 4.09. The van der Waals surface area contributed by atoms with Crippen LogP contribution in [0.3, 0.4) is 0 Å². The summed E-state index contributed by atoms with van der Waals surface area (Å²) in [7, 11) is 0. The fourth-order valence-corrected chi connectivity index (χ4v) is 1.31. The molecule has 62 valence electrons. The molecule has 1 heterocycles. The van der Waals surface area contributed by atoms with Crippen molar-refractivity contribution in [3.8, 4) is 0 Å². The molecule has 1 aliphatic heterocycles. The van der Waals surface area contributed by atoms with Crippen LogP contribution in [0.1, 0.15) is 25.7 Å². The van der Waals surface area contributed by atoms with Crippen molar-refractivity contribution >= 4 is 5.91 Å². The van der Waals surface area contributed by atoms with E-state index < -0.39 is 0 Å². The van der Waals surface area contributed by atoms with Gasteiger partial charge in [0.05, 0.1) is 0 Å². The molecule has 1 aliphatic carbocycles. The van der Waals surface area contributed by atoms with Gasteiger partial charge in [-0.3, -0.25) is 4.79 Å². The molecule has 0 spiro atoms. The minimum atomic E-state index is -0.143. The molecular weight excluding hydrogens is 142 g/mol. The third kappa shape index (κ3) is 1.71. The van der Waals surface area contributed by atoms with Crippen LogP contribution in [0.5, 0.6) is 0 Å². The lowest BCUT2D eigenvalue weighted by molar-refractivity contribution is -0.130. The zero-order valence-corrected chi connectivity index (χ0v) is 6.51. The van der Waals surface area contributed by atoms with Crippen LogP contribution >= 0.6 is 0 Å². The van der Waals surface area contributed by atoms with Gasteiger partial charge in [-0.2, -0.15) is 0 Å². The average Bonchev–Trinajstić information content (AvgIpc) is 2.67. The van der Waals surface area contributed by atoms with Crippen LogP contribution in [0.15, 0.2) is 0 Å². The van der Waals surface area contributed by atoms with Gasteiger partial charge in [0.25, 0.3) is 0 Å². The van der Waals surface area contributed by atoms with Crippen molar-refractivity contribution in [2.45, 2.75) is 37.8 Å². The highest BCUT2D eigenvalue weighted by molar-refractivity contribution is 5.81. The summed E-state index contributed by atoms with van der Waals surface area (Å²) in [6.45, 7) is 0.753. The Bertz CT molecular complexity index is 159. The summed E-state index contributed by atoms with van der Waals surface area (Å²) in [6, 6.07) is 0.465. The van der Waals surface area contributed by atoms with Gasteiger partial charge >= 0.3 is 0 Å². The zero-order chi connectivity index (χ0) is 7.68. The van der Waals surface area contributed by atoms with Crippen molar-refractivity contribution < 1.29 is 9.53 Å². The molecule has 0 aromatic carbocycles. The summed E-state index contributed by atoms with van der Waals surface area (Å²) in [5.41, 5.74) is 0. The molecule has 1 N–H and O–H groups in total. The van der Waals surface area contributed by atoms with E-state index in [0.717, 1.165) is 32.3 Å². The van der Waals surface area contributed by atoms with Crippen LogP contribution in [0.4, 0.5) is 0 Å². The molecular formula is C8H13NO2. The van der Waals surface area contributed by atoms with Crippen LogP contribution in [-0.2, 0) is 9.53 Å². The Kier molecular flexibility index (Phi) is 1.82. The Balaban J connectivity index is 1.77. The maximum absolute atomic E-state index is 11.3. The van der Waals surface area contributed by atoms with E-state index in [4.69, 9.17) is 4.74 Å². The minimum Gasteiger partial charge on any atom is -0.368 e. The highest BCUT2D eigenvalue weighted by Gasteiger charge is 2.29. The molecule has 11 heavy (non-hydrogen) atoms. The first-order valence-electron chi connectivity index (χ1n) is 4.28. The number of carbonyl (C=O) groups is 1. The second-order valence-electron chi connectivity index (χ2n) is 3.28. The third-order valence-electron chi connectivity index (χ3n) is 2.15. The van der Waals surface area contributed by atoms with Gasteiger partial charge in [0.15, 0.2) is 0 Å². The molecule has 3 nitrogen and oxygen atoms in total. The standard InChI is InChI=1S/C8H13NO2/c10-8(9-6-3-4-6)7-2-1-5-11-7/h6-7H,1-5H2,(H,9,10). The number of amides is 1. The van der Waals surface area contributed by atoms with Crippen molar-refractivity contribution in [1.82, 2.24) is 5.32 Å². The monoisotopic (exact) mass is 155 g/mol. The highest BCUT2D eigenvalue weighted by atomic mass is 16.5. The number of rotatable bonds is 2. The summed E-state index contributed by atoms with van der Waals surface area (Å²) in [5.74, 6) is 0.102. The SMILES string of the molecule is O=C(NC1CC1)C1CCCO1. The summed E-state index contributed by atoms with van der Waals surface area (Å²) in [4.78, 5) is 11.3. The van der Waals surface area contributed by atoms with Gasteiger partial charge in [0, 0.05) is 12.6 Å². The van der Waals surface area contributed by atoms with Gasteiger partial charge < -0.3 is 10.1 Å². The molecule has 3 heteroatoms. The number of ether oxygens (including phenoxy) is 1. The smallest absolute Gasteiger partial charge is 0.249 e. The van der Waals surface area contributed by atoms with Crippen molar-refractivity contribution in [3.05, 3.63) is 0 Å². The lowest BCUT2D eigenvalue weighted by Gasteiger charge is -2.08. The van der Waals surface area contributed by atoms with Crippen LogP contribution in [0, 0.1) is 0 Å². The lowest BCUT2D eigenvalue weighted by Crippen LogP contribution is -2.35. The average molecular weight is 155 g/mol. The molecule has 1 unspecified atom stereocenters. The zero-order valence-electron chi connectivity index (χ0n) is 6.51. The van der Waals surface area contributed by atoms with Gasteiger partial charge in [-0.05, 0) is 25.7 Å². The molecule has 1 amide bonds. The first kappa shape index (κ1) is 7.10. The quantitative estimate of drug-likeness (QED) is 0.628. The summed E-state index contributed by atoms with van der Waals surface area (Å²) in [5, 5.41) is 2.93. The third-order valence-corrected chi connectivity index (χ3v) is 2.15. The van der Waals surface area contributed by atoms with Gasteiger partial charge in [-0.25, -0.2) is 0 Å². The van der Waals surface area contributed by atoms with E-state index in [2.05, 4.69) is 5.32 Å². The van der Waals surface area contributed by atoms with Gasteiger partial charge in [0.2, 0.25) is 5.91 Å². The maximum Gasteiger partial charge on any atom is 0.249 e. The molecule has 1 saturated heterocycles. The first-order chi connectivity index (χ1) is 5.36. The normalized spacial score (nSPS) is 30.4. The van der Waals surface area contributed by atoms with E-state index in [-0.39, 0.29) is 12.0 Å². The highest BCUT2D eigenvalue weighted by Crippen LogP contribution is 2.20. The first-order valence-corrected chi connectivity index (χ1v) is 4.28. The van der Waals surface area contributed by atoms with E-state index in [1.165, 1.54) is 0 Å². The molecule has 0 radical (unpaired) electrons. The lowest BCUT2D eigenvalue weighted by atomic mass is 10.2.